The largest absolute Gasteiger partial charge is 0.331 e. The molecule has 0 N–H and O–H groups in total. The van der Waals surface area contributed by atoms with Gasteiger partial charge < -0.3 is 4.57 Å². The lowest BCUT2D eigenvalue weighted by molar-refractivity contribution is 0.676. The standard InChI is InChI=1S/C12H13ClN4O4/c1-14-5-6(9(18)16(3)11(14)20)7-8(13)15(2)12(21)17(4)10(7)19/h5H,1-4H3. The molecule has 0 atom stereocenters. The third-order valence-corrected chi connectivity index (χ3v) is 3.75. The first-order valence-corrected chi connectivity index (χ1v) is 6.28. The van der Waals surface area contributed by atoms with Crippen molar-refractivity contribution < 1.29 is 0 Å². The van der Waals surface area contributed by atoms with Crippen molar-refractivity contribution in [2.45, 2.75) is 0 Å². The topological polar surface area (TPSA) is 88.0 Å². The van der Waals surface area contributed by atoms with Crippen LogP contribution in [0.25, 0.3) is 11.1 Å². The average Bonchev–Trinajstić information content (AvgIpc) is 2.46. The Hall–Kier alpha value is -2.35. The minimum atomic E-state index is -0.696. The number of hydrogen-bond acceptors (Lipinski definition) is 4. The fraction of sp³-hybridized carbons (Fsp3) is 0.333. The molecule has 0 unspecified atom stereocenters. The van der Waals surface area contributed by atoms with E-state index >= 15 is 0 Å². The zero-order valence-electron chi connectivity index (χ0n) is 11.9. The zero-order chi connectivity index (χ0) is 16.1. The van der Waals surface area contributed by atoms with E-state index < -0.39 is 22.5 Å². The molecule has 0 bridgehead atoms. The molecule has 21 heavy (non-hydrogen) atoms. The van der Waals surface area contributed by atoms with Gasteiger partial charge in [0.1, 0.15) is 5.15 Å². The second-order valence-electron chi connectivity index (χ2n) is 4.67. The van der Waals surface area contributed by atoms with Crippen LogP contribution < -0.4 is 22.5 Å². The van der Waals surface area contributed by atoms with E-state index in [2.05, 4.69) is 0 Å². The second kappa shape index (κ2) is 4.88. The summed E-state index contributed by atoms with van der Waals surface area (Å²) in [6, 6.07) is 0. The van der Waals surface area contributed by atoms with Crippen LogP contribution in [0.5, 0.6) is 0 Å². The lowest BCUT2D eigenvalue weighted by atomic mass is 10.2. The van der Waals surface area contributed by atoms with Crippen molar-refractivity contribution in [3.8, 4) is 11.1 Å². The molecule has 9 heteroatoms. The van der Waals surface area contributed by atoms with Crippen LogP contribution in [0, 0.1) is 0 Å². The Bertz CT molecular complexity index is 977. The molecule has 0 radical (unpaired) electrons. The highest BCUT2D eigenvalue weighted by molar-refractivity contribution is 6.32. The van der Waals surface area contributed by atoms with Gasteiger partial charge in [0, 0.05) is 34.4 Å². The van der Waals surface area contributed by atoms with Crippen LogP contribution in [0.1, 0.15) is 0 Å². The Morgan fingerprint density at radius 1 is 0.810 bits per heavy atom. The van der Waals surface area contributed by atoms with Crippen molar-refractivity contribution in [3.63, 3.8) is 0 Å². The molecule has 2 heterocycles. The molecule has 0 fully saturated rings. The van der Waals surface area contributed by atoms with Gasteiger partial charge in [-0.1, -0.05) is 11.6 Å². The summed E-state index contributed by atoms with van der Waals surface area (Å²) in [4.78, 5) is 47.9. The molecule has 0 saturated heterocycles. The number of nitrogens with zero attached hydrogens (tertiary/aromatic N) is 4. The Balaban J connectivity index is 3.08. The molecule has 0 aromatic carbocycles. The van der Waals surface area contributed by atoms with Crippen molar-refractivity contribution in [3.05, 3.63) is 53.0 Å². The molecular formula is C12H13ClN4O4. The van der Waals surface area contributed by atoms with Crippen LogP contribution >= 0.6 is 11.6 Å². The van der Waals surface area contributed by atoms with E-state index in [4.69, 9.17) is 11.6 Å². The van der Waals surface area contributed by atoms with Gasteiger partial charge in [0.05, 0.1) is 11.1 Å². The SMILES string of the molecule is Cn1cc(-c2c(Cl)n(C)c(=O)n(C)c2=O)c(=O)n(C)c1=O. The van der Waals surface area contributed by atoms with Crippen LogP contribution in [-0.4, -0.2) is 18.3 Å². The van der Waals surface area contributed by atoms with Gasteiger partial charge in [0.25, 0.3) is 11.1 Å². The van der Waals surface area contributed by atoms with Crippen molar-refractivity contribution in [1.82, 2.24) is 18.3 Å². The number of hydrogen-bond donors (Lipinski definition) is 0. The Morgan fingerprint density at radius 3 is 1.90 bits per heavy atom. The van der Waals surface area contributed by atoms with Crippen LogP contribution in [0.2, 0.25) is 5.15 Å². The summed E-state index contributed by atoms with van der Waals surface area (Å²) in [6.45, 7) is 0. The summed E-state index contributed by atoms with van der Waals surface area (Å²) in [5.74, 6) is 0. The van der Waals surface area contributed by atoms with Crippen molar-refractivity contribution in [2.75, 3.05) is 0 Å². The molecule has 2 aromatic rings. The molecule has 0 aliphatic carbocycles. The smallest absolute Gasteiger partial charge is 0.303 e. The molecule has 2 aromatic heterocycles. The molecule has 0 aliphatic rings. The minimum Gasteiger partial charge on any atom is -0.303 e. The molecule has 0 amide bonds. The highest BCUT2D eigenvalue weighted by Gasteiger charge is 2.20. The van der Waals surface area contributed by atoms with E-state index in [9.17, 15) is 19.2 Å². The van der Waals surface area contributed by atoms with Gasteiger partial charge in [-0.15, -0.1) is 0 Å². The second-order valence-corrected chi connectivity index (χ2v) is 5.03. The van der Waals surface area contributed by atoms with Gasteiger partial charge >= 0.3 is 11.4 Å². The van der Waals surface area contributed by atoms with Gasteiger partial charge in [-0.3, -0.25) is 23.3 Å². The van der Waals surface area contributed by atoms with Gasteiger partial charge in [-0.2, -0.15) is 0 Å². The van der Waals surface area contributed by atoms with Gasteiger partial charge in [-0.05, 0) is 0 Å². The first kappa shape index (κ1) is 15.0. The monoisotopic (exact) mass is 312 g/mol. The lowest BCUT2D eigenvalue weighted by Crippen LogP contribution is -2.41. The number of halogens is 1. The highest BCUT2D eigenvalue weighted by Crippen LogP contribution is 2.18. The third-order valence-electron chi connectivity index (χ3n) is 3.31. The molecule has 2 rings (SSSR count). The summed E-state index contributed by atoms with van der Waals surface area (Å²) in [6.07, 6.45) is 1.23. The lowest BCUT2D eigenvalue weighted by Gasteiger charge is -2.11. The molecular weight excluding hydrogens is 300 g/mol. The predicted octanol–water partition coefficient (Wildman–Crippen LogP) is -1.20. The molecule has 0 spiro atoms. The van der Waals surface area contributed by atoms with E-state index in [1.54, 1.807) is 0 Å². The fourth-order valence-electron chi connectivity index (χ4n) is 2.03. The third kappa shape index (κ3) is 2.07. The van der Waals surface area contributed by atoms with Gasteiger partial charge in [0.2, 0.25) is 0 Å². The van der Waals surface area contributed by atoms with Gasteiger partial charge in [0.15, 0.2) is 0 Å². The molecule has 8 nitrogen and oxygen atoms in total. The van der Waals surface area contributed by atoms with Crippen molar-refractivity contribution >= 4 is 11.6 Å². The van der Waals surface area contributed by atoms with Crippen LogP contribution in [0.3, 0.4) is 0 Å². The van der Waals surface area contributed by atoms with E-state index in [1.165, 1.54) is 34.4 Å². The predicted molar refractivity (Wildman–Crippen MR) is 77.9 cm³/mol. The molecule has 0 aliphatic heterocycles. The highest BCUT2D eigenvalue weighted by atomic mass is 35.5. The first-order chi connectivity index (χ1) is 9.68. The summed E-state index contributed by atoms with van der Waals surface area (Å²) < 4.78 is 3.95. The summed E-state index contributed by atoms with van der Waals surface area (Å²) in [5, 5.41) is -0.154. The Kier molecular flexibility index (Phi) is 3.50. The van der Waals surface area contributed by atoms with Crippen LogP contribution in [-0.2, 0) is 28.2 Å². The zero-order valence-corrected chi connectivity index (χ0v) is 12.6. The Morgan fingerprint density at radius 2 is 1.33 bits per heavy atom. The number of aromatic nitrogens is 4. The maximum absolute atomic E-state index is 12.3. The normalized spacial score (nSPS) is 10.9. The maximum atomic E-state index is 12.3. The minimum absolute atomic E-state index is 0.0409. The first-order valence-electron chi connectivity index (χ1n) is 5.91. The molecule has 112 valence electrons. The fourth-order valence-corrected chi connectivity index (χ4v) is 2.28. The van der Waals surface area contributed by atoms with Crippen molar-refractivity contribution in [2.24, 2.45) is 28.2 Å². The van der Waals surface area contributed by atoms with Crippen LogP contribution in [0.15, 0.2) is 25.4 Å². The van der Waals surface area contributed by atoms with E-state index in [0.29, 0.717) is 0 Å². The van der Waals surface area contributed by atoms with E-state index in [1.807, 2.05) is 0 Å². The van der Waals surface area contributed by atoms with Crippen molar-refractivity contribution in [1.29, 1.82) is 0 Å². The number of aryl methyl sites for hydroxylation is 1. The van der Waals surface area contributed by atoms with E-state index in [-0.39, 0.29) is 16.3 Å². The summed E-state index contributed by atoms with van der Waals surface area (Å²) in [7, 11) is 5.43. The molecule has 0 saturated carbocycles. The van der Waals surface area contributed by atoms with Crippen LogP contribution in [0.4, 0.5) is 0 Å². The van der Waals surface area contributed by atoms with E-state index in [0.717, 1.165) is 18.3 Å². The average molecular weight is 313 g/mol. The summed E-state index contributed by atoms with van der Waals surface area (Å²) in [5.41, 5.74) is -2.63. The Labute approximate surface area is 123 Å². The summed E-state index contributed by atoms with van der Waals surface area (Å²) >= 11 is 6.04. The maximum Gasteiger partial charge on any atom is 0.331 e. The van der Waals surface area contributed by atoms with Gasteiger partial charge in [-0.25, -0.2) is 9.59 Å². The number of rotatable bonds is 1. The quantitative estimate of drug-likeness (QED) is 0.619.